The first-order valence-electron chi connectivity index (χ1n) is 6.28. The topological polar surface area (TPSA) is 58.1 Å². The van der Waals surface area contributed by atoms with Gasteiger partial charge in [0.15, 0.2) is 5.82 Å². The molecule has 0 saturated carbocycles. The Balaban J connectivity index is 2.39. The van der Waals surface area contributed by atoms with E-state index >= 15 is 0 Å². The summed E-state index contributed by atoms with van der Waals surface area (Å²) in [4.78, 5) is 21.5. The number of hydrogen-bond acceptors (Lipinski definition) is 4. The molecular formula is C15H15ClN4O. The van der Waals surface area contributed by atoms with Gasteiger partial charge < -0.3 is 10.2 Å². The number of nitrogens with zero attached hydrogens (tertiary/aromatic N) is 3. The molecule has 0 unspecified atom stereocenters. The fraction of sp³-hybridized carbons (Fsp3) is 0.133. The smallest absolute Gasteiger partial charge is 0.250 e. The number of likely N-dealkylation sites (N-methyl/N-ethyl adjacent to an activating group) is 1. The molecule has 1 heterocycles. The first kappa shape index (κ1) is 15.0. The Labute approximate surface area is 128 Å². The van der Waals surface area contributed by atoms with Crippen LogP contribution in [0.25, 0.3) is 0 Å². The van der Waals surface area contributed by atoms with Gasteiger partial charge in [-0.1, -0.05) is 30.3 Å². The molecule has 108 valence electrons. The van der Waals surface area contributed by atoms with E-state index < -0.39 is 0 Å². The molecule has 2 rings (SSSR count). The maximum Gasteiger partial charge on any atom is 0.250 e. The minimum Gasteiger partial charge on any atom is -0.337 e. The van der Waals surface area contributed by atoms with Crippen LogP contribution in [0.5, 0.6) is 0 Å². The zero-order valence-corrected chi connectivity index (χ0v) is 12.6. The van der Waals surface area contributed by atoms with Crippen molar-refractivity contribution in [1.29, 1.82) is 0 Å². The van der Waals surface area contributed by atoms with Crippen LogP contribution >= 0.6 is 11.6 Å². The normalized spacial score (nSPS) is 10.0. The Kier molecular flexibility index (Phi) is 4.55. The predicted molar refractivity (Wildman–Crippen MR) is 85.1 cm³/mol. The highest BCUT2D eigenvalue weighted by atomic mass is 35.5. The molecule has 1 aromatic heterocycles. The molecule has 0 aliphatic rings. The second kappa shape index (κ2) is 6.37. The summed E-state index contributed by atoms with van der Waals surface area (Å²) in [5, 5.41) is 3.54. The van der Waals surface area contributed by atoms with Crippen LogP contribution in [0.2, 0.25) is 5.02 Å². The lowest BCUT2D eigenvalue weighted by Gasteiger charge is -2.20. The SMILES string of the molecule is C=CC(=O)N(C)c1ccccc1Nc1nc(C)ncc1Cl. The number of halogens is 1. The zero-order chi connectivity index (χ0) is 15.4. The number of benzene rings is 1. The van der Waals surface area contributed by atoms with Crippen LogP contribution in [-0.4, -0.2) is 22.9 Å². The van der Waals surface area contributed by atoms with E-state index in [-0.39, 0.29) is 5.91 Å². The number of aromatic nitrogens is 2. The number of anilines is 3. The molecule has 21 heavy (non-hydrogen) atoms. The van der Waals surface area contributed by atoms with Gasteiger partial charge in [-0.2, -0.15) is 0 Å². The Bertz CT molecular complexity index is 687. The van der Waals surface area contributed by atoms with Crippen molar-refractivity contribution in [3.63, 3.8) is 0 Å². The lowest BCUT2D eigenvalue weighted by atomic mass is 10.2. The molecule has 5 nitrogen and oxygen atoms in total. The number of carbonyl (C=O) groups excluding carboxylic acids is 1. The van der Waals surface area contributed by atoms with Crippen molar-refractivity contribution >= 4 is 34.7 Å². The van der Waals surface area contributed by atoms with E-state index in [0.717, 1.165) is 5.69 Å². The van der Waals surface area contributed by atoms with Crippen molar-refractivity contribution in [2.45, 2.75) is 6.92 Å². The number of amides is 1. The van der Waals surface area contributed by atoms with Crippen LogP contribution in [0, 0.1) is 6.92 Å². The molecule has 1 N–H and O–H groups in total. The van der Waals surface area contributed by atoms with Gasteiger partial charge in [0.2, 0.25) is 5.91 Å². The largest absolute Gasteiger partial charge is 0.337 e. The summed E-state index contributed by atoms with van der Waals surface area (Å²) < 4.78 is 0. The van der Waals surface area contributed by atoms with Crippen LogP contribution in [0.1, 0.15) is 5.82 Å². The first-order chi connectivity index (χ1) is 10.0. The number of aryl methyl sites for hydroxylation is 1. The lowest BCUT2D eigenvalue weighted by Crippen LogP contribution is -2.24. The molecule has 1 aromatic carbocycles. The van der Waals surface area contributed by atoms with Crippen molar-refractivity contribution < 1.29 is 4.79 Å². The lowest BCUT2D eigenvalue weighted by molar-refractivity contribution is -0.113. The number of rotatable bonds is 4. The minimum absolute atomic E-state index is 0.200. The van der Waals surface area contributed by atoms with Crippen LogP contribution in [0.4, 0.5) is 17.2 Å². The van der Waals surface area contributed by atoms with Crippen LogP contribution in [-0.2, 0) is 4.79 Å². The third kappa shape index (κ3) is 3.38. The molecule has 2 aromatic rings. The van der Waals surface area contributed by atoms with Crippen molar-refractivity contribution in [3.05, 3.63) is 54.0 Å². The van der Waals surface area contributed by atoms with E-state index in [1.807, 2.05) is 24.3 Å². The van der Waals surface area contributed by atoms with Gasteiger partial charge in [-0.05, 0) is 25.1 Å². The van der Waals surface area contributed by atoms with Crippen LogP contribution < -0.4 is 10.2 Å². The molecule has 0 bridgehead atoms. The third-order valence-corrected chi connectivity index (χ3v) is 3.16. The Morgan fingerprint density at radius 2 is 2.14 bits per heavy atom. The average molecular weight is 303 g/mol. The van der Waals surface area contributed by atoms with E-state index in [4.69, 9.17) is 11.6 Å². The van der Waals surface area contributed by atoms with Gasteiger partial charge in [0.1, 0.15) is 10.8 Å². The summed E-state index contributed by atoms with van der Waals surface area (Å²) in [5.74, 6) is 0.903. The monoisotopic (exact) mass is 302 g/mol. The van der Waals surface area contributed by atoms with E-state index in [0.29, 0.717) is 22.4 Å². The summed E-state index contributed by atoms with van der Waals surface area (Å²) in [6.45, 7) is 5.27. The van der Waals surface area contributed by atoms with Gasteiger partial charge in [0.25, 0.3) is 0 Å². The number of para-hydroxylation sites is 2. The van der Waals surface area contributed by atoms with Gasteiger partial charge in [0.05, 0.1) is 17.6 Å². The van der Waals surface area contributed by atoms with E-state index in [1.54, 1.807) is 14.0 Å². The second-order valence-corrected chi connectivity index (χ2v) is 4.76. The molecule has 0 aliphatic carbocycles. The average Bonchev–Trinajstić information content (AvgIpc) is 2.50. The van der Waals surface area contributed by atoms with E-state index in [1.165, 1.54) is 17.2 Å². The highest BCUT2D eigenvalue weighted by Crippen LogP contribution is 2.30. The molecule has 0 aliphatic heterocycles. The standard InChI is InChI=1S/C15H15ClN4O/c1-4-14(21)20(3)13-8-6-5-7-12(13)19-15-11(16)9-17-10(2)18-15/h4-9H,1H2,2-3H3,(H,17,18,19). The number of carbonyl (C=O) groups is 1. The van der Waals surface area contributed by atoms with Crippen molar-refractivity contribution in [2.75, 3.05) is 17.3 Å². The predicted octanol–water partition coefficient (Wildman–Crippen LogP) is 3.33. The van der Waals surface area contributed by atoms with Gasteiger partial charge >= 0.3 is 0 Å². The van der Waals surface area contributed by atoms with Gasteiger partial charge in [0, 0.05) is 7.05 Å². The van der Waals surface area contributed by atoms with E-state index in [9.17, 15) is 4.79 Å². The molecule has 1 amide bonds. The summed E-state index contributed by atoms with van der Waals surface area (Å²) in [7, 11) is 1.68. The highest BCUT2D eigenvalue weighted by molar-refractivity contribution is 6.32. The first-order valence-corrected chi connectivity index (χ1v) is 6.66. The van der Waals surface area contributed by atoms with Gasteiger partial charge in [-0.3, -0.25) is 4.79 Å². The zero-order valence-electron chi connectivity index (χ0n) is 11.8. The van der Waals surface area contributed by atoms with Crippen molar-refractivity contribution in [3.8, 4) is 0 Å². The third-order valence-electron chi connectivity index (χ3n) is 2.89. The summed E-state index contributed by atoms with van der Waals surface area (Å²) in [6.07, 6.45) is 2.80. The van der Waals surface area contributed by atoms with Crippen molar-refractivity contribution in [2.24, 2.45) is 0 Å². The fourth-order valence-electron chi connectivity index (χ4n) is 1.80. The minimum atomic E-state index is -0.200. The Hall–Kier alpha value is -2.40. The molecule has 6 heteroatoms. The molecule has 0 spiro atoms. The highest BCUT2D eigenvalue weighted by Gasteiger charge is 2.13. The summed E-state index contributed by atoms with van der Waals surface area (Å²) in [6, 6.07) is 7.38. The molecule has 0 radical (unpaired) electrons. The van der Waals surface area contributed by atoms with Crippen LogP contribution in [0.15, 0.2) is 43.1 Å². The molecule has 0 atom stereocenters. The molecule has 0 fully saturated rings. The molecular weight excluding hydrogens is 288 g/mol. The number of nitrogens with one attached hydrogen (secondary N) is 1. The maximum atomic E-state index is 11.8. The summed E-state index contributed by atoms with van der Waals surface area (Å²) in [5.41, 5.74) is 1.42. The quantitative estimate of drug-likeness (QED) is 0.880. The van der Waals surface area contributed by atoms with Gasteiger partial charge in [-0.15, -0.1) is 0 Å². The number of hydrogen-bond donors (Lipinski definition) is 1. The Morgan fingerprint density at radius 1 is 1.43 bits per heavy atom. The van der Waals surface area contributed by atoms with E-state index in [2.05, 4.69) is 21.9 Å². The maximum absolute atomic E-state index is 11.8. The second-order valence-electron chi connectivity index (χ2n) is 4.36. The van der Waals surface area contributed by atoms with Crippen LogP contribution in [0.3, 0.4) is 0 Å². The molecule has 0 saturated heterocycles. The van der Waals surface area contributed by atoms with Crippen molar-refractivity contribution in [1.82, 2.24) is 9.97 Å². The van der Waals surface area contributed by atoms with Gasteiger partial charge in [-0.25, -0.2) is 9.97 Å². The summed E-state index contributed by atoms with van der Waals surface area (Å²) >= 11 is 6.08. The fourth-order valence-corrected chi connectivity index (χ4v) is 1.94. The Morgan fingerprint density at radius 3 is 2.86 bits per heavy atom.